The Labute approximate surface area is 173 Å². The number of rotatable bonds is 6. The molecule has 0 atom stereocenters. The highest BCUT2D eigenvalue weighted by molar-refractivity contribution is 14.0. The van der Waals surface area contributed by atoms with Crippen LogP contribution in [-0.2, 0) is 25.8 Å². The number of aryl methyl sites for hydroxylation is 1. The minimum Gasteiger partial charge on any atom is -0.493 e. The van der Waals surface area contributed by atoms with Crippen molar-refractivity contribution in [1.29, 1.82) is 0 Å². The zero-order valence-electron chi connectivity index (χ0n) is 15.5. The van der Waals surface area contributed by atoms with Gasteiger partial charge in [0.05, 0.1) is 6.61 Å². The van der Waals surface area contributed by atoms with E-state index in [0.29, 0.717) is 0 Å². The van der Waals surface area contributed by atoms with Crippen molar-refractivity contribution in [3.8, 4) is 5.75 Å². The van der Waals surface area contributed by atoms with Crippen molar-refractivity contribution in [1.82, 2.24) is 10.6 Å². The van der Waals surface area contributed by atoms with Gasteiger partial charge in [0.1, 0.15) is 5.75 Å². The second kappa shape index (κ2) is 10.4. The number of hydrogen-bond acceptors (Lipinski definition) is 2. The van der Waals surface area contributed by atoms with Crippen molar-refractivity contribution in [3.63, 3.8) is 0 Å². The van der Waals surface area contributed by atoms with Gasteiger partial charge in [-0.1, -0.05) is 43.3 Å². The highest BCUT2D eigenvalue weighted by Crippen LogP contribution is 2.25. The number of hydrogen-bond donors (Lipinski definition) is 2. The van der Waals surface area contributed by atoms with Crippen LogP contribution in [0.25, 0.3) is 0 Å². The molecule has 2 N–H and O–H groups in total. The number of benzene rings is 2. The summed E-state index contributed by atoms with van der Waals surface area (Å²) in [5, 5.41) is 6.81. The van der Waals surface area contributed by atoms with Gasteiger partial charge >= 0.3 is 0 Å². The molecule has 0 bridgehead atoms. The first-order chi connectivity index (χ1) is 12.3. The Morgan fingerprint density at radius 1 is 1.12 bits per heavy atom. The van der Waals surface area contributed by atoms with Crippen molar-refractivity contribution >= 4 is 29.9 Å². The molecule has 2 aromatic rings. The molecule has 0 aliphatic carbocycles. The molecule has 4 nitrogen and oxygen atoms in total. The van der Waals surface area contributed by atoms with Gasteiger partial charge in [0.15, 0.2) is 5.96 Å². The van der Waals surface area contributed by atoms with Crippen LogP contribution in [-0.4, -0.2) is 26.2 Å². The zero-order chi connectivity index (χ0) is 17.5. The van der Waals surface area contributed by atoms with E-state index in [1.807, 2.05) is 7.05 Å². The van der Waals surface area contributed by atoms with Gasteiger partial charge in [0.25, 0.3) is 0 Å². The van der Waals surface area contributed by atoms with Crippen LogP contribution >= 0.6 is 24.0 Å². The molecule has 26 heavy (non-hydrogen) atoms. The summed E-state index contributed by atoms with van der Waals surface area (Å²) < 4.78 is 5.56. The molecule has 1 aliphatic heterocycles. The molecule has 0 aromatic heterocycles. The highest BCUT2D eigenvalue weighted by Gasteiger charge is 2.11. The lowest BCUT2D eigenvalue weighted by Crippen LogP contribution is -2.38. The maximum absolute atomic E-state index is 5.56. The van der Waals surface area contributed by atoms with E-state index in [4.69, 9.17) is 4.74 Å². The second-order valence-corrected chi connectivity index (χ2v) is 6.27. The van der Waals surface area contributed by atoms with Crippen LogP contribution in [0.5, 0.6) is 5.75 Å². The van der Waals surface area contributed by atoms with E-state index >= 15 is 0 Å². The molecule has 140 valence electrons. The van der Waals surface area contributed by atoms with Crippen LogP contribution in [0.2, 0.25) is 0 Å². The first-order valence-electron chi connectivity index (χ1n) is 9.06. The van der Waals surface area contributed by atoms with Crippen LogP contribution in [0.1, 0.15) is 29.2 Å². The fourth-order valence-corrected chi connectivity index (χ4v) is 3.20. The van der Waals surface area contributed by atoms with Crippen molar-refractivity contribution in [3.05, 3.63) is 64.7 Å². The predicted octanol–water partition coefficient (Wildman–Crippen LogP) is 3.71. The zero-order valence-corrected chi connectivity index (χ0v) is 17.9. The van der Waals surface area contributed by atoms with E-state index in [1.165, 1.54) is 22.3 Å². The largest absolute Gasteiger partial charge is 0.493 e. The molecule has 1 aliphatic rings. The lowest BCUT2D eigenvalue weighted by molar-refractivity contribution is 0.357. The third kappa shape index (κ3) is 5.37. The van der Waals surface area contributed by atoms with Crippen LogP contribution in [0.3, 0.4) is 0 Å². The molecule has 3 rings (SSSR count). The number of nitrogens with zero attached hydrogens (tertiary/aromatic N) is 1. The van der Waals surface area contributed by atoms with Crippen LogP contribution < -0.4 is 15.4 Å². The van der Waals surface area contributed by atoms with Gasteiger partial charge in [-0.05, 0) is 41.2 Å². The number of fused-ring (bicyclic) bond motifs is 1. The maximum atomic E-state index is 5.56. The van der Waals surface area contributed by atoms with E-state index in [9.17, 15) is 0 Å². The minimum atomic E-state index is 0. The number of aliphatic imine (C=N–C) groups is 1. The number of guanidine groups is 1. The summed E-state index contributed by atoms with van der Waals surface area (Å²) in [6, 6.07) is 15.0. The summed E-state index contributed by atoms with van der Waals surface area (Å²) in [5.41, 5.74) is 5.37. The molecule has 0 amide bonds. The lowest BCUT2D eigenvalue weighted by Gasteiger charge is -2.14. The molecule has 2 aromatic carbocycles. The SMILES string of the molecule is CCc1ccccc1CNC(=NC)NCCc1ccc2c(c1)CCO2.I. The van der Waals surface area contributed by atoms with Gasteiger partial charge in [-0.3, -0.25) is 4.99 Å². The van der Waals surface area contributed by atoms with Gasteiger partial charge in [-0.25, -0.2) is 0 Å². The molecular formula is C21H28IN3O. The molecule has 0 radical (unpaired) electrons. The maximum Gasteiger partial charge on any atom is 0.191 e. The Bertz CT molecular complexity index is 746. The van der Waals surface area contributed by atoms with Gasteiger partial charge in [-0.2, -0.15) is 0 Å². The van der Waals surface area contributed by atoms with Crippen LogP contribution in [0, 0.1) is 0 Å². The van der Waals surface area contributed by atoms with Crippen molar-refractivity contribution in [2.45, 2.75) is 32.7 Å². The smallest absolute Gasteiger partial charge is 0.191 e. The Hall–Kier alpha value is -1.76. The number of halogens is 1. The van der Waals surface area contributed by atoms with E-state index in [1.54, 1.807) is 0 Å². The summed E-state index contributed by atoms with van der Waals surface area (Å²) in [6.07, 6.45) is 3.04. The Morgan fingerprint density at radius 3 is 2.69 bits per heavy atom. The summed E-state index contributed by atoms with van der Waals surface area (Å²) in [4.78, 5) is 4.32. The molecular weight excluding hydrogens is 437 g/mol. The Morgan fingerprint density at radius 2 is 1.92 bits per heavy atom. The average Bonchev–Trinajstić information content (AvgIpc) is 3.12. The van der Waals surface area contributed by atoms with Crippen molar-refractivity contribution in [2.24, 2.45) is 4.99 Å². The van der Waals surface area contributed by atoms with E-state index in [2.05, 4.69) is 65.0 Å². The lowest BCUT2D eigenvalue weighted by atomic mass is 10.1. The van der Waals surface area contributed by atoms with Crippen molar-refractivity contribution in [2.75, 3.05) is 20.2 Å². The van der Waals surface area contributed by atoms with E-state index in [-0.39, 0.29) is 24.0 Å². The molecule has 1 heterocycles. The second-order valence-electron chi connectivity index (χ2n) is 6.27. The Kier molecular flexibility index (Phi) is 8.22. The first-order valence-corrected chi connectivity index (χ1v) is 9.06. The molecule has 5 heteroatoms. The topological polar surface area (TPSA) is 45.7 Å². The normalized spacial score (nSPS) is 12.8. The average molecular weight is 465 g/mol. The molecule has 0 saturated heterocycles. The van der Waals surface area contributed by atoms with Gasteiger partial charge < -0.3 is 15.4 Å². The molecule has 0 spiro atoms. The van der Waals surface area contributed by atoms with Crippen LogP contribution in [0.15, 0.2) is 47.5 Å². The summed E-state index contributed by atoms with van der Waals surface area (Å²) in [5.74, 6) is 1.89. The van der Waals surface area contributed by atoms with Crippen LogP contribution in [0.4, 0.5) is 0 Å². The monoisotopic (exact) mass is 465 g/mol. The summed E-state index contributed by atoms with van der Waals surface area (Å²) in [6.45, 7) is 4.65. The number of nitrogens with one attached hydrogen (secondary N) is 2. The third-order valence-corrected chi connectivity index (χ3v) is 4.63. The van der Waals surface area contributed by atoms with E-state index < -0.39 is 0 Å². The van der Waals surface area contributed by atoms with Crippen molar-refractivity contribution < 1.29 is 4.74 Å². The predicted molar refractivity (Wildman–Crippen MR) is 119 cm³/mol. The van der Waals surface area contributed by atoms with E-state index in [0.717, 1.165) is 50.7 Å². The highest BCUT2D eigenvalue weighted by atomic mass is 127. The molecule has 0 fully saturated rings. The quantitative estimate of drug-likeness (QED) is 0.389. The molecule has 0 saturated carbocycles. The van der Waals surface area contributed by atoms with Gasteiger partial charge in [-0.15, -0.1) is 24.0 Å². The standard InChI is InChI=1S/C21H27N3O.HI/c1-3-17-6-4-5-7-19(17)15-24-21(22-2)23-12-10-16-8-9-20-18(14-16)11-13-25-20;/h4-9,14H,3,10-13,15H2,1-2H3,(H2,22,23,24);1H. The fraction of sp³-hybridized carbons (Fsp3) is 0.381. The van der Waals surface area contributed by atoms with Gasteiger partial charge in [0, 0.05) is 26.6 Å². The van der Waals surface area contributed by atoms with Gasteiger partial charge in [0.2, 0.25) is 0 Å². The first kappa shape index (κ1) is 20.6. The Balaban J connectivity index is 0.00000243. The third-order valence-electron chi connectivity index (χ3n) is 4.63. The molecule has 0 unspecified atom stereocenters. The summed E-state index contributed by atoms with van der Waals surface area (Å²) in [7, 11) is 1.81. The number of ether oxygens (including phenoxy) is 1. The summed E-state index contributed by atoms with van der Waals surface area (Å²) >= 11 is 0. The minimum absolute atomic E-state index is 0. The fourth-order valence-electron chi connectivity index (χ4n) is 3.20.